The lowest BCUT2D eigenvalue weighted by Crippen LogP contribution is -2.40. The third kappa shape index (κ3) is 1.10. The first-order valence-electron chi connectivity index (χ1n) is 5.58. The van der Waals surface area contributed by atoms with E-state index in [0.29, 0.717) is 5.54 Å². The van der Waals surface area contributed by atoms with Crippen LogP contribution in [-0.4, -0.2) is 23.5 Å². The molecule has 1 heteroatoms. The number of rotatable bonds is 3. The van der Waals surface area contributed by atoms with Crippen LogP contribution in [0.2, 0.25) is 0 Å². The van der Waals surface area contributed by atoms with E-state index in [1.807, 2.05) is 0 Å². The molecule has 0 heterocycles. The van der Waals surface area contributed by atoms with Crippen molar-refractivity contribution < 1.29 is 0 Å². The van der Waals surface area contributed by atoms with Crippen LogP contribution in [0.5, 0.6) is 0 Å². The Labute approximate surface area is 76.1 Å². The Bertz CT molecular complexity index is 162. The van der Waals surface area contributed by atoms with Crippen molar-refractivity contribution in [3.63, 3.8) is 0 Å². The second kappa shape index (κ2) is 3.02. The lowest BCUT2D eigenvalue weighted by Gasteiger charge is -2.33. The summed E-state index contributed by atoms with van der Waals surface area (Å²) in [6.45, 7) is 7.13. The van der Waals surface area contributed by atoms with Gasteiger partial charge in [-0.05, 0) is 38.3 Å². The van der Waals surface area contributed by atoms with E-state index in [9.17, 15) is 0 Å². The lowest BCUT2D eigenvalue weighted by atomic mass is 9.94. The lowest BCUT2D eigenvalue weighted by molar-refractivity contribution is 0.149. The summed E-state index contributed by atoms with van der Waals surface area (Å²) >= 11 is 0. The fourth-order valence-corrected chi connectivity index (χ4v) is 3.27. The maximum atomic E-state index is 2.71. The van der Waals surface area contributed by atoms with Crippen LogP contribution in [0.3, 0.4) is 0 Å². The largest absolute Gasteiger partial charge is 0.298 e. The molecule has 0 aliphatic heterocycles. The zero-order valence-electron chi connectivity index (χ0n) is 8.47. The van der Waals surface area contributed by atoms with Gasteiger partial charge in [0.25, 0.3) is 0 Å². The number of fused-ring (bicyclic) bond motifs is 1. The fourth-order valence-electron chi connectivity index (χ4n) is 3.27. The van der Waals surface area contributed by atoms with Crippen LogP contribution in [0.15, 0.2) is 0 Å². The molecule has 0 radical (unpaired) electrons. The Morgan fingerprint density at radius 2 is 2.00 bits per heavy atom. The zero-order valence-corrected chi connectivity index (χ0v) is 8.47. The Morgan fingerprint density at radius 1 is 1.25 bits per heavy atom. The first-order chi connectivity index (χ1) is 5.83. The van der Waals surface area contributed by atoms with E-state index in [0.717, 1.165) is 5.92 Å². The van der Waals surface area contributed by atoms with E-state index in [1.54, 1.807) is 0 Å². The quantitative estimate of drug-likeness (QED) is 0.624. The van der Waals surface area contributed by atoms with Crippen LogP contribution in [0, 0.1) is 5.92 Å². The van der Waals surface area contributed by atoms with Gasteiger partial charge in [-0.3, -0.25) is 4.90 Å². The average molecular weight is 167 g/mol. The minimum absolute atomic E-state index is 0.696. The van der Waals surface area contributed by atoms with E-state index in [1.165, 1.54) is 45.2 Å². The average Bonchev–Trinajstić information content (AvgIpc) is 2.81. The van der Waals surface area contributed by atoms with Crippen molar-refractivity contribution in [1.82, 2.24) is 4.90 Å². The summed E-state index contributed by atoms with van der Waals surface area (Å²) in [7, 11) is 0. The monoisotopic (exact) mass is 167 g/mol. The normalized spacial score (nSPS) is 39.8. The molecule has 0 aromatic rings. The molecule has 0 unspecified atom stereocenters. The van der Waals surface area contributed by atoms with Crippen molar-refractivity contribution in [3.05, 3.63) is 0 Å². The van der Waals surface area contributed by atoms with Crippen LogP contribution < -0.4 is 0 Å². The second-order valence-electron chi connectivity index (χ2n) is 4.42. The van der Waals surface area contributed by atoms with Gasteiger partial charge in [-0.25, -0.2) is 0 Å². The highest BCUT2D eigenvalue weighted by Gasteiger charge is 2.57. The van der Waals surface area contributed by atoms with E-state index in [4.69, 9.17) is 0 Å². The van der Waals surface area contributed by atoms with Crippen molar-refractivity contribution >= 4 is 0 Å². The molecule has 0 N–H and O–H groups in total. The minimum Gasteiger partial charge on any atom is -0.298 e. The predicted octanol–water partition coefficient (Wildman–Crippen LogP) is 2.66. The highest BCUT2D eigenvalue weighted by molar-refractivity contribution is 5.12. The van der Waals surface area contributed by atoms with Gasteiger partial charge in [-0.2, -0.15) is 0 Å². The van der Waals surface area contributed by atoms with Gasteiger partial charge in [0.2, 0.25) is 0 Å². The summed E-state index contributed by atoms with van der Waals surface area (Å²) in [5.74, 6) is 1.08. The molecule has 70 valence electrons. The van der Waals surface area contributed by atoms with Gasteiger partial charge in [0.1, 0.15) is 0 Å². The standard InChI is InChI=1S/C11H21N/c1-3-12(4-2)11-8-6-5-7-10(11)9-11/h10H,3-9H2,1-2H3/t10-,11-/m1/s1. The summed E-state index contributed by atoms with van der Waals surface area (Å²) in [5, 5.41) is 0. The SMILES string of the molecule is CCN(CC)[C@@]12CCCC[C@@H]1C2. The van der Waals surface area contributed by atoms with Crippen molar-refractivity contribution in [2.45, 2.75) is 51.5 Å². The van der Waals surface area contributed by atoms with Crippen molar-refractivity contribution in [2.75, 3.05) is 13.1 Å². The molecule has 0 aromatic carbocycles. The zero-order chi connectivity index (χ0) is 8.60. The first-order valence-corrected chi connectivity index (χ1v) is 5.58. The Hall–Kier alpha value is -0.0400. The minimum atomic E-state index is 0.696. The van der Waals surface area contributed by atoms with Crippen LogP contribution in [0.25, 0.3) is 0 Å². The van der Waals surface area contributed by atoms with Gasteiger partial charge < -0.3 is 0 Å². The molecule has 0 saturated heterocycles. The molecular formula is C11H21N. The molecule has 0 spiro atoms. The van der Waals surface area contributed by atoms with Gasteiger partial charge >= 0.3 is 0 Å². The number of nitrogens with zero attached hydrogens (tertiary/aromatic N) is 1. The molecule has 0 aromatic heterocycles. The highest BCUT2D eigenvalue weighted by Crippen LogP contribution is 2.57. The van der Waals surface area contributed by atoms with Gasteiger partial charge in [0.05, 0.1) is 0 Å². The third-order valence-corrected chi connectivity index (χ3v) is 4.01. The van der Waals surface area contributed by atoms with Crippen LogP contribution >= 0.6 is 0 Å². The third-order valence-electron chi connectivity index (χ3n) is 4.01. The van der Waals surface area contributed by atoms with Crippen molar-refractivity contribution in [1.29, 1.82) is 0 Å². The molecule has 0 amide bonds. The van der Waals surface area contributed by atoms with Gasteiger partial charge in [0, 0.05) is 5.54 Å². The maximum Gasteiger partial charge on any atom is 0.0241 e. The fraction of sp³-hybridized carbons (Fsp3) is 1.00. The first kappa shape index (κ1) is 8.55. The van der Waals surface area contributed by atoms with Crippen LogP contribution in [0.4, 0.5) is 0 Å². The summed E-state index contributed by atoms with van der Waals surface area (Å²) in [6, 6.07) is 0. The second-order valence-corrected chi connectivity index (χ2v) is 4.42. The van der Waals surface area contributed by atoms with Crippen molar-refractivity contribution in [3.8, 4) is 0 Å². The number of hydrogen-bond donors (Lipinski definition) is 0. The molecule has 2 aliphatic carbocycles. The summed E-state index contributed by atoms with van der Waals surface area (Å²) in [4.78, 5) is 2.71. The Morgan fingerprint density at radius 3 is 2.58 bits per heavy atom. The maximum absolute atomic E-state index is 2.71. The molecule has 1 nitrogen and oxygen atoms in total. The smallest absolute Gasteiger partial charge is 0.0241 e. The summed E-state index contributed by atoms with van der Waals surface area (Å²) in [6.07, 6.45) is 7.48. The molecule has 2 saturated carbocycles. The molecule has 2 aliphatic rings. The van der Waals surface area contributed by atoms with Gasteiger partial charge in [0.15, 0.2) is 0 Å². The van der Waals surface area contributed by atoms with Gasteiger partial charge in [-0.15, -0.1) is 0 Å². The molecule has 0 bridgehead atoms. The van der Waals surface area contributed by atoms with E-state index >= 15 is 0 Å². The van der Waals surface area contributed by atoms with E-state index < -0.39 is 0 Å². The Kier molecular flexibility index (Phi) is 2.16. The summed E-state index contributed by atoms with van der Waals surface area (Å²) in [5.41, 5.74) is 0.696. The molecular weight excluding hydrogens is 146 g/mol. The van der Waals surface area contributed by atoms with Crippen LogP contribution in [0.1, 0.15) is 46.0 Å². The van der Waals surface area contributed by atoms with E-state index in [-0.39, 0.29) is 0 Å². The predicted molar refractivity (Wildman–Crippen MR) is 52.2 cm³/mol. The molecule has 2 rings (SSSR count). The topological polar surface area (TPSA) is 3.24 Å². The van der Waals surface area contributed by atoms with Crippen LogP contribution in [-0.2, 0) is 0 Å². The molecule has 2 fully saturated rings. The highest BCUT2D eigenvalue weighted by atomic mass is 15.2. The number of hydrogen-bond acceptors (Lipinski definition) is 1. The Balaban J connectivity index is 2.01. The van der Waals surface area contributed by atoms with Gasteiger partial charge in [-0.1, -0.05) is 26.7 Å². The molecule has 12 heavy (non-hydrogen) atoms. The summed E-state index contributed by atoms with van der Waals surface area (Å²) < 4.78 is 0. The molecule has 2 atom stereocenters. The van der Waals surface area contributed by atoms with E-state index in [2.05, 4.69) is 18.7 Å². The van der Waals surface area contributed by atoms with Crippen molar-refractivity contribution in [2.24, 2.45) is 5.92 Å².